The van der Waals surface area contributed by atoms with E-state index in [1.165, 1.54) is 0 Å². The fraction of sp³-hybridized carbons (Fsp3) is 0.636. The lowest BCUT2D eigenvalue weighted by Crippen LogP contribution is -2.30. The summed E-state index contributed by atoms with van der Waals surface area (Å²) >= 11 is 0. The molecule has 3 heterocycles. The van der Waals surface area contributed by atoms with Gasteiger partial charge >= 0.3 is 0 Å². The summed E-state index contributed by atoms with van der Waals surface area (Å²) < 4.78 is 23.0. The van der Waals surface area contributed by atoms with E-state index >= 15 is 0 Å². The van der Waals surface area contributed by atoms with E-state index in [9.17, 15) is 13.2 Å². The van der Waals surface area contributed by atoms with Crippen LogP contribution in [-0.2, 0) is 22.0 Å². The minimum atomic E-state index is -3.12. The smallest absolute Gasteiger partial charge is 0.255 e. The van der Waals surface area contributed by atoms with Crippen molar-refractivity contribution in [3.63, 3.8) is 0 Å². The summed E-state index contributed by atoms with van der Waals surface area (Å²) in [7, 11) is -3.12. The van der Waals surface area contributed by atoms with Crippen molar-refractivity contribution in [2.75, 3.05) is 18.8 Å². The van der Waals surface area contributed by atoms with Crippen LogP contribution in [0.3, 0.4) is 0 Å². The predicted molar refractivity (Wildman–Crippen MR) is 66.3 cm³/mol. The summed E-state index contributed by atoms with van der Waals surface area (Å²) in [5, 5.41) is 3.23. The molecule has 0 saturated carbocycles. The summed E-state index contributed by atoms with van der Waals surface area (Å²) in [6.45, 7) is 1.75. The number of sulfone groups is 1. The van der Waals surface area contributed by atoms with Gasteiger partial charge in [0, 0.05) is 18.9 Å². The van der Waals surface area contributed by atoms with Crippen molar-refractivity contribution in [3.8, 4) is 0 Å². The van der Waals surface area contributed by atoms with Crippen LogP contribution in [0.2, 0.25) is 0 Å². The van der Waals surface area contributed by atoms with Gasteiger partial charge in [0.05, 0.1) is 22.8 Å². The van der Waals surface area contributed by atoms with Crippen molar-refractivity contribution in [1.29, 1.82) is 0 Å². The summed E-state index contributed by atoms with van der Waals surface area (Å²) in [5.74, 6) is 0.858. The number of hydrogen-bond donors (Lipinski definition) is 2. The molecular weight excluding hydrogens is 254 g/mol. The molecule has 0 bridgehead atoms. The van der Waals surface area contributed by atoms with Crippen LogP contribution in [0, 0.1) is 0 Å². The molecule has 0 amide bonds. The number of rotatable bonds is 1. The van der Waals surface area contributed by atoms with Crippen LogP contribution in [0.25, 0.3) is 0 Å². The summed E-state index contributed by atoms with van der Waals surface area (Å²) in [5.41, 5.74) is 0.705. The van der Waals surface area contributed by atoms with Crippen molar-refractivity contribution in [2.45, 2.75) is 24.5 Å². The number of aromatic nitrogens is 2. The molecule has 1 unspecified atom stereocenters. The Kier molecular flexibility index (Phi) is 2.74. The fourth-order valence-electron chi connectivity index (χ4n) is 2.54. The van der Waals surface area contributed by atoms with Crippen LogP contribution < -0.4 is 10.9 Å². The highest BCUT2D eigenvalue weighted by Crippen LogP contribution is 2.21. The van der Waals surface area contributed by atoms with Crippen LogP contribution in [0.5, 0.6) is 0 Å². The van der Waals surface area contributed by atoms with Crippen molar-refractivity contribution in [2.24, 2.45) is 0 Å². The predicted octanol–water partition coefficient (Wildman–Crippen LogP) is -0.682. The van der Waals surface area contributed by atoms with Gasteiger partial charge < -0.3 is 10.3 Å². The first kappa shape index (κ1) is 11.9. The van der Waals surface area contributed by atoms with E-state index < -0.39 is 9.84 Å². The molecule has 2 N–H and O–H groups in total. The Hall–Kier alpha value is -1.21. The van der Waals surface area contributed by atoms with E-state index in [0.29, 0.717) is 23.5 Å². The lowest BCUT2D eigenvalue weighted by Gasteiger charge is -2.17. The second-order valence-electron chi connectivity index (χ2n) is 4.91. The van der Waals surface area contributed by atoms with Crippen molar-refractivity contribution in [1.82, 2.24) is 15.3 Å². The Labute approximate surface area is 105 Å². The molecule has 6 nitrogen and oxygen atoms in total. The molecule has 0 spiro atoms. The molecule has 1 aromatic rings. The van der Waals surface area contributed by atoms with Crippen LogP contribution >= 0.6 is 0 Å². The van der Waals surface area contributed by atoms with E-state index in [2.05, 4.69) is 15.3 Å². The highest BCUT2D eigenvalue weighted by atomic mass is 32.2. The minimum absolute atomic E-state index is 0.0960. The first-order valence-electron chi connectivity index (χ1n) is 6.08. The number of fused-ring (bicyclic) bond motifs is 1. The zero-order valence-electron chi connectivity index (χ0n) is 9.90. The summed E-state index contributed by atoms with van der Waals surface area (Å²) in [6, 6.07) is 0. The second-order valence-corrected chi connectivity index (χ2v) is 7.09. The monoisotopic (exact) mass is 269 g/mol. The van der Waals surface area contributed by atoms with E-state index in [1.54, 1.807) is 0 Å². The maximum atomic E-state index is 11.9. The van der Waals surface area contributed by atoms with Crippen molar-refractivity contribution in [3.05, 3.63) is 27.4 Å². The van der Waals surface area contributed by atoms with Crippen LogP contribution in [0.4, 0.5) is 0 Å². The maximum absolute atomic E-state index is 11.9. The number of aromatic amines is 1. The Morgan fingerprint density at radius 3 is 2.89 bits per heavy atom. The largest absolute Gasteiger partial charge is 0.316 e. The molecule has 0 aromatic carbocycles. The van der Waals surface area contributed by atoms with Crippen LogP contribution in [0.15, 0.2) is 4.79 Å². The Morgan fingerprint density at radius 1 is 1.33 bits per heavy atom. The average molecular weight is 269 g/mol. The Morgan fingerprint density at radius 2 is 2.17 bits per heavy atom. The number of hydrogen-bond acceptors (Lipinski definition) is 5. The van der Waals surface area contributed by atoms with Gasteiger partial charge in [-0.2, -0.15) is 0 Å². The molecule has 3 rings (SSSR count). The van der Waals surface area contributed by atoms with Gasteiger partial charge in [-0.25, -0.2) is 13.4 Å². The Bertz CT molecular complexity index is 629. The Balaban J connectivity index is 2.03. The molecule has 1 atom stereocenters. The zero-order valence-corrected chi connectivity index (χ0v) is 10.7. The first-order chi connectivity index (χ1) is 8.55. The topological polar surface area (TPSA) is 91.9 Å². The third kappa shape index (κ3) is 2.08. The van der Waals surface area contributed by atoms with Gasteiger partial charge in [-0.15, -0.1) is 0 Å². The van der Waals surface area contributed by atoms with Gasteiger partial charge in [0.1, 0.15) is 5.82 Å². The van der Waals surface area contributed by atoms with E-state index in [1.807, 2.05) is 0 Å². The standard InChI is InChI=1S/C11H15N3O3S/c15-11-8-6-18(16,17)4-2-9(8)13-10(14-11)7-1-3-12-5-7/h7,12H,1-6H2,(H,13,14,15). The quantitative estimate of drug-likeness (QED) is 0.704. The van der Waals surface area contributed by atoms with Crippen molar-refractivity contribution < 1.29 is 8.42 Å². The van der Waals surface area contributed by atoms with E-state index in [-0.39, 0.29) is 23.0 Å². The molecule has 98 valence electrons. The zero-order chi connectivity index (χ0) is 12.8. The van der Waals surface area contributed by atoms with Gasteiger partial charge in [0.2, 0.25) is 0 Å². The maximum Gasteiger partial charge on any atom is 0.255 e. The molecule has 1 aromatic heterocycles. The summed E-state index contributed by atoms with van der Waals surface area (Å²) in [4.78, 5) is 19.2. The third-order valence-electron chi connectivity index (χ3n) is 3.58. The second kappa shape index (κ2) is 4.17. The van der Waals surface area contributed by atoms with Gasteiger partial charge in [0.25, 0.3) is 5.56 Å². The number of aryl methyl sites for hydroxylation is 1. The molecule has 2 aliphatic rings. The van der Waals surface area contributed by atoms with Gasteiger partial charge in [-0.3, -0.25) is 4.79 Å². The molecule has 1 fully saturated rings. The molecule has 1 saturated heterocycles. The molecule has 0 radical (unpaired) electrons. The summed E-state index contributed by atoms with van der Waals surface area (Å²) in [6.07, 6.45) is 1.31. The van der Waals surface area contributed by atoms with E-state index in [0.717, 1.165) is 19.5 Å². The highest BCUT2D eigenvalue weighted by Gasteiger charge is 2.27. The van der Waals surface area contributed by atoms with Gasteiger partial charge in [0.15, 0.2) is 9.84 Å². The first-order valence-corrected chi connectivity index (χ1v) is 7.90. The molecular formula is C11H15N3O3S. The number of nitrogens with one attached hydrogen (secondary N) is 2. The van der Waals surface area contributed by atoms with Gasteiger partial charge in [-0.1, -0.05) is 0 Å². The molecule has 0 aliphatic carbocycles. The average Bonchev–Trinajstić information content (AvgIpc) is 2.83. The molecule has 18 heavy (non-hydrogen) atoms. The molecule has 7 heteroatoms. The number of nitrogens with zero attached hydrogens (tertiary/aromatic N) is 1. The van der Waals surface area contributed by atoms with Crippen LogP contribution in [-0.4, -0.2) is 37.2 Å². The number of H-pyrrole nitrogens is 1. The molecule has 2 aliphatic heterocycles. The van der Waals surface area contributed by atoms with E-state index in [4.69, 9.17) is 0 Å². The highest BCUT2D eigenvalue weighted by molar-refractivity contribution is 7.90. The third-order valence-corrected chi connectivity index (χ3v) is 5.14. The fourth-order valence-corrected chi connectivity index (χ4v) is 3.93. The minimum Gasteiger partial charge on any atom is -0.316 e. The lowest BCUT2D eigenvalue weighted by atomic mass is 10.1. The normalized spacial score (nSPS) is 25.9. The van der Waals surface area contributed by atoms with Gasteiger partial charge in [-0.05, 0) is 13.0 Å². The lowest BCUT2D eigenvalue weighted by molar-refractivity contribution is 0.588. The van der Waals surface area contributed by atoms with Crippen molar-refractivity contribution >= 4 is 9.84 Å². The SMILES string of the molecule is O=c1[nH]c(C2CCNC2)nc2c1CS(=O)(=O)CC2. The van der Waals surface area contributed by atoms with Crippen LogP contribution in [0.1, 0.15) is 29.4 Å².